The van der Waals surface area contributed by atoms with Gasteiger partial charge in [-0.25, -0.2) is 4.39 Å². The highest BCUT2D eigenvalue weighted by Gasteiger charge is 2.07. The fraction of sp³-hybridized carbons (Fsp3) is 0.143. The molecule has 0 fully saturated rings. The molecular weight excluding hydrogens is 269 g/mol. The number of halogens is 2. The molecule has 2 aromatic carbocycles. The van der Waals surface area contributed by atoms with Crippen LogP contribution in [0.4, 0.5) is 4.39 Å². The zero-order valence-corrected chi connectivity index (χ0v) is 11.2. The third-order valence-electron chi connectivity index (χ3n) is 2.52. The van der Waals surface area contributed by atoms with Gasteiger partial charge in [0, 0.05) is 21.7 Å². The molecule has 0 aliphatic carbocycles. The standard InChI is InChI=1S/C14H13ClFNS/c15-11-2-1-3-13(8-11)18-9-14(17)10-4-6-12(16)7-5-10/h1-8,14H,9,17H2. The zero-order valence-electron chi connectivity index (χ0n) is 9.64. The number of thioether (sulfide) groups is 1. The van der Waals surface area contributed by atoms with Crippen LogP contribution in [0.3, 0.4) is 0 Å². The van der Waals surface area contributed by atoms with Crippen LogP contribution in [0.2, 0.25) is 5.02 Å². The fourth-order valence-corrected chi connectivity index (χ4v) is 2.75. The van der Waals surface area contributed by atoms with Crippen molar-refractivity contribution in [3.05, 3.63) is 64.9 Å². The summed E-state index contributed by atoms with van der Waals surface area (Å²) in [6.07, 6.45) is 0. The Bertz CT molecular complexity index is 515. The average Bonchev–Trinajstić information content (AvgIpc) is 2.37. The van der Waals surface area contributed by atoms with Crippen molar-refractivity contribution in [3.63, 3.8) is 0 Å². The van der Waals surface area contributed by atoms with Gasteiger partial charge in [0.05, 0.1) is 0 Å². The quantitative estimate of drug-likeness (QED) is 0.847. The highest BCUT2D eigenvalue weighted by Crippen LogP contribution is 2.25. The second kappa shape index (κ2) is 6.23. The number of nitrogens with two attached hydrogens (primary N) is 1. The normalized spacial score (nSPS) is 12.4. The van der Waals surface area contributed by atoms with Crippen LogP contribution in [0, 0.1) is 5.82 Å². The van der Waals surface area contributed by atoms with Crippen molar-refractivity contribution in [2.75, 3.05) is 5.75 Å². The van der Waals surface area contributed by atoms with E-state index in [1.165, 1.54) is 12.1 Å². The van der Waals surface area contributed by atoms with Crippen LogP contribution in [-0.4, -0.2) is 5.75 Å². The molecule has 18 heavy (non-hydrogen) atoms. The van der Waals surface area contributed by atoms with Crippen LogP contribution in [-0.2, 0) is 0 Å². The van der Waals surface area contributed by atoms with Gasteiger partial charge in [0.25, 0.3) is 0 Å². The van der Waals surface area contributed by atoms with Gasteiger partial charge in [-0.2, -0.15) is 0 Å². The van der Waals surface area contributed by atoms with Gasteiger partial charge in [-0.15, -0.1) is 11.8 Å². The molecule has 0 aromatic heterocycles. The summed E-state index contributed by atoms with van der Waals surface area (Å²) in [5.74, 6) is 0.486. The second-order valence-corrected chi connectivity index (χ2v) is 5.46. The molecule has 0 heterocycles. The molecule has 2 aromatic rings. The van der Waals surface area contributed by atoms with Crippen LogP contribution in [0.1, 0.15) is 11.6 Å². The average molecular weight is 282 g/mol. The van der Waals surface area contributed by atoms with Crippen molar-refractivity contribution in [3.8, 4) is 0 Å². The van der Waals surface area contributed by atoms with Gasteiger partial charge in [-0.1, -0.05) is 29.8 Å². The van der Waals surface area contributed by atoms with E-state index in [2.05, 4.69) is 0 Å². The molecule has 0 spiro atoms. The van der Waals surface area contributed by atoms with Crippen molar-refractivity contribution in [2.45, 2.75) is 10.9 Å². The summed E-state index contributed by atoms with van der Waals surface area (Å²) in [5.41, 5.74) is 6.99. The Morgan fingerprint density at radius 3 is 2.56 bits per heavy atom. The van der Waals surface area contributed by atoms with Gasteiger partial charge in [0.1, 0.15) is 5.82 Å². The van der Waals surface area contributed by atoms with Gasteiger partial charge in [0.2, 0.25) is 0 Å². The van der Waals surface area contributed by atoms with Crippen LogP contribution in [0.15, 0.2) is 53.4 Å². The topological polar surface area (TPSA) is 26.0 Å². The Morgan fingerprint density at radius 2 is 1.89 bits per heavy atom. The van der Waals surface area contributed by atoms with E-state index in [1.54, 1.807) is 23.9 Å². The fourth-order valence-electron chi connectivity index (χ4n) is 1.55. The monoisotopic (exact) mass is 281 g/mol. The van der Waals surface area contributed by atoms with Gasteiger partial charge >= 0.3 is 0 Å². The van der Waals surface area contributed by atoms with E-state index in [1.807, 2.05) is 24.3 Å². The molecular formula is C14H13ClFNS. The Hall–Kier alpha value is -1.03. The van der Waals surface area contributed by atoms with E-state index in [4.69, 9.17) is 17.3 Å². The van der Waals surface area contributed by atoms with Crippen LogP contribution < -0.4 is 5.73 Å². The molecule has 0 amide bonds. The van der Waals surface area contributed by atoms with E-state index in [-0.39, 0.29) is 11.9 Å². The molecule has 0 aliphatic heterocycles. The molecule has 0 bridgehead atoms. The third-order valence-corrected chi connectivity index (χ3v) is 3.87. The molecule has 1 atom stereocenters. The maximum atomic E-state index is 12.8. The first-order chi connectivity index (χ1) is 8.65. The van der Waals surface area contributed by atoms with Crippen molar-refractivity contribution < 1.29 is 4.39 Å². The maximum Gasteiger partial charge on any atom is 0.123 e. The maximum absolute atomic E-state index is 12.8. The van der Waals surface area contributed by atoms with Crippen molar-refractivity contribution >= 4 is 23.4 Å². The second-order valence-electron chi connectivity index (χ2n) is 3.93. The van der Waals surface area contributed by atoms with Crippen LogP contribution in [0.25, 0.3) is 0 Å². The lowest BCUT2D eigenvalue weighted by Gasteiger charge is -2.11. The van der Waals surface area contributed by atoms with Crippen LogP contribution in [0.5, 0.6) is 0 Å². The minimum Gasteiger partial charge on any atom is -0.323 e. The summed E-state index contributed by atoms with van der Waals surface area (Å²) in [6.45, 7) is 0. The first-order valence-electron chi connectivity index (χ1n) is 5.54. The lowest BCUT2D eigenvalue weighted by Crippen LogP contribution is -2.12. The summed E-state index contributed by atoms with van der Waals surface area (Å²) in [4.78, 5) is 1.08. The molecule has 1 nitrogen and oxygen atoms in total. The summed E-state index contributed by atoms with van der Waals surface area (Å²) in [6, 6.07) is 13.8. The lowest BCUT2D eigenvalue weighted by atomic mass is 10.1. The first kappa shape index (κ1) is 13.4. The van der Waals surface area contributed by atoms with Gasteiger partial charge in [-0.05, 0) is 35.9 Å². The lowest BCUT2D eigenvalue weighted by molar-refractivity contribution is 0.626. The zero-order chi connectivity index (χ0) is 13.0. The molecule has 0 saturated heterocycles. The van der Waals surface area contributed by atoms with E-state index >= 15 is 0 Å². The molecule has 4 heteroatoms. The number of hydrogen-bond acceptors (Lipinski definition) is 2. The summed E-state index contributed by atoms with van der Waals surface area (Å²) in [7, 11) is 0. The largest absolute Gasteiger partial charge is 0.323 e. The predicted molar refractivity (Wildman–Crippen MR) is 75.5 cm³/mol. The van der Waals surface area contributed by atoms with Gasteiger partial charge in [-0.3, -0.25) is 0 Å². The Balaban J connectivity index is 1.96. The highest BCUT2D eigenvalue weighted by molar-refractivity contribution is 7.99. The van der Waals surface area contributed by atoms with E-state index < -0.39 is 0 Å². The number of hydrogen-bond donors (Lipinski definition) is 1. The van der Waals surface area contributed by atoms with E-state index in [9.17, 15) is 4.39 Å². The Morgan fingerprint density at radius 1 is 1.17 bits per heavy atom. The third kappa shape index (κ3) is 3.73. The molecule has 1 unspecified atom stereocenters. The first-order valence-corrected chi connectivity index (χ1v) is 6.91. The summed E-state index contributed by atoms with van der Waals surface area (Å²) in [5, 5.41) is 0.718. The summed E-state index contributed by atoms with van der Waals surface area (Å²) >= 11 is 7.55. The van der Waals surface area contributed by atoms with Gasteiger partial charge < -0.3 is 5.73 Å². The minimum absolute atomic E-state index is 0.116. The van der Waals surface area contributed by atoms with E-state index in [0.29, 0.717) is 0 Å². The number of benzene rings is 2. The van der Waals surface area contributed by atoms with Crippen molar-refractivity contribution in [1.82, 2.24) is 0 Å². The molecule has 0 saturated carbocycles. The Kier molecular flexibility index (Phi) is 4.64. The highest BCUT2D eigenvalue weighted by atomic mass is 35.5. The van der Waals surface area contributed by atoms with E-state index in [0.717, 1.165) is 21.2 Å². The van der Waals surface area contributed by atoms with Gasteiger partial charge in [0.15, 0.2) is 0 Å². The summed E-state index contributed by atoms with van der Waals surface area (Å²) < 4.78 is 12.8. The minimum atomic E-state index is -0.242. The molecule has 2 rings (SSSR count). The Labute approximate surface area is 115 Å². The molecule has 94 valence electrons. The van der Waals surface area contributed by atoms with Crippen molar-refractivity contribution in [2.24, 2.45) is 5.73 Å². The molecule has 2 N–H and O–H groups in total. The predicted octanol–water partition coefficient (Wildman–Crippen LogP) is 4.27. The smallest absolute Gasteiger partial charge is 0.123 e. The van der Waals surface area contributed by atoms with Crippen LogP contribution >= 0.6 is 23.4 Å². The number of rotatable bonds is 4. The SMILES string of the molecule is NC(CSc1cccc(Cl)c1)c1ccc(F)cc1. The van der Waals surface area contributed by atoms with Crippen molar-refractivity contribution in [1.29, 1.82) is 0 Å². The molecule has 0 aliphatic rings. The molecule has 0 radical (unpaired) electrons.